The van der Waals surface area contributed by atoms with Crippen LogP contribution in [-0.2, 0) is 14.3 Å². The quantitative estimate of drug-likeness (QED) is 0.437. The normalized spacial score (nSPS) is 25.8. The summed E-state index contributed by atoms with van der Waals surface area (Å²) in [4.78, 5) is 27.2. The number of thiocarbonyl (C=S) groups is 1. The minimum Gasteiger partial charge on any atom is -0.446 e. The van der Waals surface area contributed by atoms with Gasteiger partial charge < -0.3 is 9.64 Å². The van der Waals surface area contributed by atoms with Crippen molar-refractivity contribution in [3.05, 3.63) is 34.2 Å². The van der Waals surface area contributed by atoms with Crippen LogP contribution in [0.1, 0.15) is 43.2 Å². The Morgan fingerprint density at radius 3 is 3.00 bits per heavy atom. The van der Waals surface area contributed by atoms with E-state index in [4.69, 9.17) is 12.2 Å². The average molecular weight is 389 g/mol. The van der Waals surface area contributed by atoms with Crippen molar-refractivity contribution in [1.29, 1.82) is 0 Å². The smallest absolute Gasteiger partial charge is 0.294 e. The first-order valence-electron chi connectivity index (χ1n) is 8.85. The van der Waals surface area contributed by atoms with Crippen molar-refractivity contribution < 1.29 is 14.3 Å². The van der Waals surface area contributed by atoms with Gasteiger partial charge in [-0.05, 0) is 49.1 Å². The minimum absolute atomic E-state index is 0.134. The molecule has 1 aromatic rings. The van der Waals surface area contributed by atoms with Crippen molar-refractivity contribution in [3.63, 3.8) is 0 Å². The van der Waals surface area contributed by atoms with Crippen LogP contribution >= 0.6 is 24.0 Å². The molecular formula is C19H20N2O3S2. The number of carbonyl (C=O) groups is 2. The summed E-state index contributed by atoms with van der Waals surface area (Å²) >= 11 is 6.47. The van der Waals surface area contributed by atoms with E-state index in [1.165, 1.54) is 47.2 Å². The van der Waals surface area contributed by atoms with Crippen LogP contribution in [0.25, 0.3) is 6.08 Å². The number of likely N-dealkylation sites (N-methyl/N-ethyl adjacent to an activating group) is 1. The summed E-state index contributed by atoms with van der Waals surface area (Å²) in [6, 6.07) is 7.10. The van der Waals surface area contributed by atoms with Gasteiger partial charge >= 0.3 is 0 Å². The molecule has 1 amide bonds. The second-order valence-corrected chi connectivity index (χ2v) is 8.39. The number of anilines is 1. The largest absolute Gasteiger partial charge is 0.446 e. The van der Waals surface area contributed by atoms with E-state index in [9.17, 15) is 9.59 Å². The zero-order chi connectivity index (χ0) is 18.3. The Bertz CT molecular complexity index is 808. The van der Waals surface area contributed by atoms with Gasteiger partial charge in [0, 0.05) is 24.2 Å². The lowest BCUT2D eigenvalue weighted by Gasteiger charge is -2.25. The Morgan fingerprint density at radius 1 is 1.38 bits per heavy atom. The van der Waals surface area contributed by atoms with Crippen LogP contribution in [0.5, 0.6) is 0 Å². The van der Waals surface area contributed by atoms with Crippen LogP contribution in [0, 0.1) is 0 Å². The van der Waals surface area contributed by atoms with Gasteiger partial charge in [0.25, 0.3) is 12.4 Å². The van der Waals surface area contributed by atoms with Crippen molar-refractivity contribution in [3.8, 4) is 0 Å². The van der Waals surface area contributed by atoms with Gasteiger partial charge in [-0.1, -0.05) is 36.5 Å². The second kappa shape index (κ2) is 7.04. The summed E-state index contributed by atoms with van der Waals surface area (Å²) in [5, 5.41) is 0. The molecule has 4 rings (SSSR count). The molecule has 2 aliphatic heterocycles. The number of fused-ring (bicyclic) bond motifs is 3. The molecule has 1 saturated carbocycles. The number of hydrogen-bond acceptors (Lipinski definition) is 6. The fourth-order valence-corrected chi connectivity index (χ4v) is 5.58. The van der Waals surface area contributed by atoms with Crippen LogP contribution < -0.4 is 4.90 Å². The molecule has 7 heteroatoms. The molecular weight excluding hydrogens is 368 g/mol. The van der Waals surface area contributed by atoms with Crippen molar-refractivity contribution in [1.82, 2.24) is 4.90 Å². The number of thioether (sulfide) groups is 1. The highest BCUT2D eigenvalue weighted by atomic mass is 32.2. The van der Waals surface area contributed by atoms with Crippen molar-refractivity contribution in [2.45, 2.75) is 38.1 Å². The molecule has 0 aromatic heterocycles. The van der Waals surface area contributed by atoms with Crippen LogP contribution in [0.3, 0.4) is 0 Å². The number of benzene rings is 1. The zero-order valence-corrected chi connectivity index (χ0v) is 16.1. The Labute approximate surface area is 162 Å². The Hall–Kier alpha value is -1.86. The lowest BCUT2D eigenvalue weighted by molar-refractivity contribution is -0.135. The maximum atomic E-state index is 12.5. The molecule has 0 radical (unpaired) electrons. The van der Waals surface area contributed by atoms with Crippen LogP contribution in [0.4, 0.5) is 5.69 Å². The van der Waals surface area contributed by atoms with Gasteiger partial charge in [-0.25, -0.2) is 0 Å². The molecule has 3 aliphatic rings. The Morgan fingerprint density at radius 2 is 2.23 bits per heavy atom. The van der Waals surface area contributed by atoms with Gasteiger partial charge in [0.2, 0.25) is 0 Å². The molecule has 1 aliphatic carbocycles. The van der Waals surface area contributed by atoms with E-state index >= 15 is 0 Å². The highest BCUT2D eigenvalue weighted by Gasteiger charge is 2.40. The summed E-state index contributed by atoms with van der Waals surface area (Å²) in [5.41, 5.74) is 3.76. The molecule has 0 N–H and O–H groups in total. The highest BCUT2D eigenvalue weighted by molar-refractivity contribution is 8.26. The number of rotatable bonds is 5. The molecule has 2 fully saturated rings. The molecule has 5 nitrogen and oxygen atoms in total. The molecule has 2 heterocycles. The monoisotopic (exact) mass is 388 g/mol. The Kier molecular flexibility index (Phi) is 4.75. The molecule has 136 valence electrons. The summed E-state index contributed by atoms with van der Waals surface area (Å²) in [5.74, 6) is 0.394. The van der Waals surface area contributed by atoms with Crippen molar-refractivity contribution in [2.75, 3.05) is 18.2 Å². The van der Waals surface area contributed by atoms with E-state index in [2.05, 4.69) is 34.8 Å². The first-order chi connectivity index (χ1) is 12.6. The average Bonchev–Trinajstić information content (AvgIpc) is 3.28. The molecule has 1 aromatic carbocycles. The lowest BCUT2D eigenvalue weighted by Crippen LogP contribution is -2.30. The molecule has 0 bridgehead atoms. The standard InChI is InChI=1S/C19H20N2O3S2/c1-2-20-15-5-3-4-13(15)14-8-12(6-7-16(14)20)9-17-18(23)21(10-24-11-22)19(25)26-17/h6-9,11,13,15H,2-5,10H2,1H3. The van der Waals surface area contributed by atoms with Crippen molar-refractivity contribution in [2.24, 2.45) is 0 Å². The predicted molar refractivity (Wildman–Crippen MR) is 107 cm³/mol. The number of carbonyl (C=O) groups excluding carboxylic acids is 2. The first-order valence-corrected chi connectivity index (χ1v) is 10.1. The van der Waals surface area contributed by atoms with E-state index in [1.54, 1.807) is 0 Å². The first kappa shape index (κ1) is 17.5. The third-order valence-electron chi connectivity index (χ3n) is 5.42. The minimum atomic E-state index is -0.212. The fourth-order valence-electron chi connectivity index (χ4n) is 4.35. The highest BCUT2D eigenvalue weighted by Crippen LogP contribution is 2.49. The maximum Gasteiger partial charge on any atom is 0.294 e. The van der Waals surface area contributed by atoms with Crippen LogP contribution in [0.2, 0.25) is 0 Å². The molecule has 2 unspecified atom stereocenters. The predicted octanol–water partition coefficient (Wildman–Crippen LogP) is 3.49. The number of ether oxygens (including phenoxy) is 1. The molecule has 0 spiro atoms. The van der Waals surface area contributed by atoms with Gasteiger partial charge in [0.05, 0.1) is 4.91 Å². The van der Waals surface area contributed by atoms with Crippen LogP contribution in [0.15, 0.2) is 23.1 Å². The SMILES string of the molecule is CCN1c2ccc(C=C3SC(=S)N(COC=O)C3=O)cc2C2CCCC21. The van der Waals surface area contributed by atoms with E-state index in [1.807, 2.05) is 6.08 Å². The maximum absolute atomic E-state index is 12.5. The lowest BCUT2D eigenvalue weighted by atomic mass is 9.96. The molecule has 1 saturated heterocycles. The summed E-state index contributed by atoms with van der Waals surface area (Å²) in [7, 11) is 0. The number of nitrogens with zero attached hydrogens (tertiary/aromatic N) is 2. The third-order valence-corrected chi connectivity index (χ3v) is 6.80. The Balaban J connectivity index is 1.61. The van der Waals surface area contributed by atoms with Gasteiger partial charge in [0.1, 0.15) is 0 Å². The van der Waals surface area contributed by atoms with Gasteiger partial charge in [0.15, 0.2) is 11.1 Å². The fraction of sp³-hybridized carbons (Fsp3) is 0.421. The van der Waals surface area contributed by atoms with Crippen LogP contribution in [-0.4, -0.2) is 40.9 Å². The molecule has 2 atom stereocenters. The number of amides is 1. The van der Waals surface area contributed by atoms with E-state index in [0.29, 0.717) is 27.7 Å². The van der Waals surface area contributed by atoms with Gasteiger partial charge in [-0.3, -0.25) is 14.5 Å². The van der Waals surface area contributed by atoms with E-state index in [-0.39, 0.29) is 12.6 Å². The summed E-state index contributed by atoms with van der Waals surface area (Å²) in [6.07, 6.45) is 5.67. The van der Waals surface area contributed by atoms with E-state index < -0.39 is 0 Å². The number of hydrogen-bond donors (Lipinski definition) is 0. The van der Waals surface area contributed by atoms with Crippen molar-refractivity contribution >= 4 is 52.4 Å². The van der Waals surface area contributed by atoms with Gasteiger partial charge in [-0.15, -0.1) is 0 Å². The third kappa shape index (κ3) is 2.83. The zero-order valence-electron chi connectivity index (χ0n) is 14.5. The summed E-state index contributed by atoms with van der Waals surface area (Å²) < 4.78 is 5.09. The molecule has 26 heavy (non-hydrogen) atoms. The van der Waals surface area contributed by atoms with Gasteiger partial charge in [-0.2, -0.15) is 0 Å². The second-order valence-electron chi connectivity index (χ2n) is 6.71. The van der Waals surface area contributed by atoms with E-state index in [0.717, 1.165) is 12.1 Å². The topological polar surface area (TPSA) is 49.9 Å². The summed E-state index contributed by atoms with van der Waals surface area (Å²) in [6.45, 7) is 3.43.